The lowest BCUT2D eigenvalue weighted by Crippen LogP contribution is -2.01. The second-order valence-electron chi connectivity index (χ2n) is 25.5. The van der Waals surface area contributed by atoms with Gasteiger partial charge in [-0.05, 0) is 178 Å². The highest BCUT2D eigenvalue weighted by molar-refractivity contribution is 7.27. The zero-order valence-corrected chi connectivity index (χ0v) is 58.5. The van der Waals surface area contributed by atoms with Crippen molar-refractivity contribution in [1.29, 1.82) is 10.5 Å². The number of thiophene rings is 4. The molecule has 0 amide bonds. The summed E-state index contributed by atoms with van der Waals surface area (Å²) in [7, 11) is 0. The summed E-state index contributed by atoms with van der Waals surface area (Å²) in [4.78, 5) is 30.2. The highest BCUT2D eigenvalue weighted by Crippen LogP contribution is 2.44. The van der Waals surface area contributed by atoms with Crippen LogP contribution >= 0.6 is 45.3 Å². The predicted octanol–water partition coefficient (Wildman–Crippen LogP) is 25.6. The van der Waals surface area contributed by atoms with Gasteiger partial charge < -0.3 is 0 Å². The summed E-state index contributed by atoms with van der Waals surface area (Å²) >= 11 is 7.29. The zero-order chi connectivity index (χ0) is 69.2. The summed E-state index contributed by atoms with van der Waals surface area (Å²) < 4.78 is 10.2. The SMILES string of the molecule is N#Cc1cccc(-c2nc(-c3ccccc3)nc(-c3cc(-c4ccc5sc6ccccc6c5c4)cc(-c4ccc5sc6ccccc6c5c4)c3)n2)c1.N#Cc1ccccc1-c1nc(-c2ccccc2)nc(-c2cc(-c3ccc4sc5ccccc5c4c3)cc(-c3ccc4sc5ccccc5c4c3)c2)n1. The van der Waals surface area contributed by atoms with Crippen LogP contribution in [0.5, 0.6) is 0 Å². The normalized spacial score (nSPS) is 11.4. The number of benzene rings is 14. The monoisotopic (exact) mass is 1400 g/mol. The molecular formula is C92H52N8S4. The van der Waals surface area contributed by atoms with Gasteiger partial charge in [0.25, 0.3) is 0 Å². The van der Waals surface area contributed by atoms with Gasteiger partial charge in [-0.1, -0.05) is 182 Å². The van der Waals surface area contributed by atoms with Crippen molar-refractivity contribution < 1.29 is 0 Å². The molecule has 6 heterocycles. The van der Waals surface area contributed by atoms with Gasteiger partial charge in [0.05, 0.1) is 23.3 Å². The second kappa shape index (κ2) is 26.2. The van der Waals surface area contributed by atoms with E-state index in [0.29, 0.717) is 51.6 Å². The van der Waals surface area contributed by atoms with Crippen LogP contribution in [0.25, 0.3) is 194 Å². The molecule has 484 valence electrons. The molecule has 6 aromatic heterocycles. The van der Waals surface area contributed by atoms with Gasteiger partial charge in [-0.25, -0.2) is 29.9 Å². The van der Waals surface area contributed by atoms with Crippen LogP contribution in [0.4, 0.5) is 0 Å². The lowest BCUT2D eigenvalue weighted by atomic mass is 9.94. The van der Waals surface area contributed by atoms with Crippen LogP contribution in [0.3, 0.4) is 0 Å². The maximum Gasteiger partial charge on any atom is 0.165 e. The number of rotatable bonds is 10. The summed E-state index contributed by atoms with van der Waals surface area (Å²) in [6, 6.07) is 114. The molecule has 0 saturated carbocycles. The van der Waals surface area contributed by atoms with Crippen molar-refractivity contribution in [2.45, 2.75) is 0 Å². The summed E-state index contributed by atoms with van der Waals surface area (Å²) in [5.74, 6) is 3.22. The van der Waals surface area contributed by atoms with Crippen LogP contribution < -0.4 is 0 Å². The fraction of sp³-hybridized carbons (Fsp3) is 0. The topological polar surface area (TPSA) is 125 Å². The first-order chi connectivity index (χ1) is 51.3. The van der Waals surface area contributed by atoms with Gasteiger partial charge in [0.1, 0.15) is 0 Å². The van der Waals surface area contributed by atoms with Gasteiger partial charge in [0, 0.05) is 114 Å². The molecule has 0 radical (unpaired) electrons. The fourth-order valence-corrected chi connectivity index (χ4v) is 18.3. The first-order valence-electron chi connectivity index (χ1n) is 34.0. The van der Waals surface area contributed by atoms with E-state index in [9.17, 15) is 10.5 Å². The van der Waals surface area contributed by atoms with E-state index in [1.54, 1.807) is 12.1 Å². The van der Waals surface area contributed by atoms with E-state index in [0.717, 1.165) is 72.3 Å². The molecule has 0 unspecified atom stereocenters. The van der Waals surface area contributed by atoms with Gasteiger partial charge in [-0.3, -0.25) is 0 Å². The average Bonchev–Trinajstić information content (AvgIpc) is 1.74. The number of fused-ring (bicyclic) bond motifs is 12. The Bertz CT molecular complexity index is 6650. The Kier molecular flexibility index (Phi) is 15.6. The Morgan fingerprint density at radius 2 is 0.490 bits per heavy atom. The van der Waals surface area contributed by atoms with Crippen molar-refractivity contribution in [3.63, 3.8) is 0 Å². The smallest absolute Gasteiger partial charge is 0.165 e. The number of hydrogen-bond donors (Lipinski definition) is 0. The number of aromatic nitrogens is 6. The lowest BCUT2D eigenvalue weighted by Gasteiger charge is -2.13. The molecule has 20 rings (SSSR count). The molecule has 0 fully saturated rings. The van der Waals surface area contributed by atoms with Crippen LogP contribution in [0.1, 0.15) is 11.1 Å². The molecule has 0 aliphatic carbocycles. The van der Waals surface area contributed by atoms with Gasteiger partial charge >= 0.3 is 0 Å². The lowest BCUT2D eigenvalue weighted by molar-refractivity contribution is 1.07. The van der Waals surface area contributed by atoms with Crippen molar-refractivity contribution >= 4 is 126 Å². The molecule has 0 N–H and O–H groups in total. The molecule has 0 spiro atoms. The maximum absolute atomic E-state index is 10.0. The van der Waals surface area contributed by atoms with Crippen molar-refractivity contribution in [1.82, 2.24) is 29.9 Å². The minimum atomic E-state index is 0.463. The molecule has 0 saturated heterocycles. The third-order valence-electron chi connectivity index (χ3n) is 19.1. The minimum Gasteiger partial charge on any atom is -0.208 e. The third-order valence-corrected chi connectivity index (χ3v) is 23.7. The van der Waals surface area contributed by atoms with Crippen LogP contribution in [0, 0.1) is 22.7 Å². The minimum absolute atomic E-state index is 0.463. The highest BCUT2D eigenvalue weighted by atomic mass is 32.1. The average molecular weight is 1400 g/mol. The molecule has 0 atom stereocenters. The Labute approximate surface area is 613 Å². The summed E-state index contributed by atoms with van der Waals surface area (Å²) in [6.45, 7) is 0. The molecule has 104 heavy (non-hydrogen) atoms. The van der Waals surface area contributed by atoms with Crippen molar-refractivity contribution in [2.24, 2.45) is 0 Å². The largest absolute Gasteiger partial charge is 0.208 e. The van der Waals surface area contributed by atoms with E-state index < -0.39 is 0 Å². The summed E-state index contributed by atoms with van der Waals surface area (Å²) in [5.41, 5.74) is 14.8. The van der Waals surface area contributed by atoms with E-state index >= 15 is 0 Å². The van der Waals surface area contributed by atoms with Crippen LogP contribution in [0.2, 0.25) is 0 Å². The highest BCUT2D eigenvalue weighted by Gasteiger charge is 2.21. The van der Waals surface area contributed by atoms with Crippen molar-refractivity contribution in [2.75, 3.05) is 0 Å². The molecular weight excluding hydrogens is 1350 g/mol. The van der Waals surface area contributed by atoms with Crippen LogP contribution in [-0.4, -0.2) is 29.9 Å². The van der Waals surface area contributed by atoms with Gasteiger partial charge in [0.2, 0.25) is 0 Å². The van der Waals surface area contributed by atoms with Gasteiger partial charge in [-0.2, -0.15) is 10.5 Å². The fourth-order valence-electron chi connectivity index (χ4n) is 14.0. The number of nitriles is 2. The van der Waals surface area contributed by atoms with Crippen molar-refractivity contribution in [3.05, 3.63) is 327 Å². The Morgan fingerprint density at radius 3 is 0.865 bits per heavy atom. The molecule has 20 aromatic rings. The van der Waals surface area contributed by atoms with Gasteiger partial charge in [0.15, 0.2) is 34.9 Å². The Balaban J connectivity index is 0.000000143. The zero-order valence-electron chi connectivity index (χ0n) is 55.2. The molecule has 14 aromatic carbocycles. The van der Waals surface area contributed by atoms with Gasteiger partial charge in [-0.15, -0.1) is 45.3 Å². The van der Waals surface area contributed by atoms with E-state index in [-0.39, 0.29) is 0 Å². The molecule has 0 aliphatic rings. The number of nitrogens with zero attached hydrogens (tertiary/aromatic N) is 8. The summed E-state index contributed by atoms with van der Waals surface area (Å²) in [5, 5.41) is 29.7. The van der Waals surface area contributed by atoms with Crippen LogP contribution in [-0.2, 0) is 0 Å². The van der Waals surface area contributed by atoms with Crippen LogP contribution in [0.15, 0.2) is 315 Å². The quantitative estimate of drug-likeness (QED) is 0.133. The summed E-state index contributed by atoms with van der Waals surface area (Å²) in [6.07, 6.45) is 0. The van der Waals surface area contributed by atoms with E-state index in [1.165, 1.54) is 80.7 Å². The molecule has 0 bridgehead atoms. The van der Waals surface area contributed by atoms with Crippen molar-refractivity contribution in [3.8, 4) is 125 Å². The maximum atomic E-state index is 10.0. The second-order valence-corrected chi connectivity index (χ2v) is 29.9. The first kappa shape index (κ1) is 62.0. The molecule has 8 nitrogen and oxygen atoms in total. The first-order valence-corrected chi connectivity index (χ1v) is 37.2. The van der Waals surface area contributed by atoms with E-state index in [4.69, 9.17) is 29.9 Å². The standard InChI is InChI=1S/2C46H26N4S2/c47-27-28-9-8-12-32(21-28)45-48-44(29-10-2-1-3-11-29)49-46(50-45)35-23-33(30-17-19-42-38(25-30)36-13-4-6-15-40(36)51-42)22-34(24-35)31-18-20-43-39(26-31)37-14-5-7-16-41(37)52-43;47-27-31-12-4-5-13-35(31)46-49-44(28-10-2-1-3-11-28)48-45(50-46)34-23-32(29-18-20-42-38(25-29)36-14-6-8-16-40(36)51-42)22-33(24-34)30-19-21-43-39(26-30)37-15-7-9-17-41(37)52-43/h2*1-26H. The Hall–Kier alpha value is -13.0. The molecule has 0 aliphatic heterocycles. The Morgan fingerprint density at radius 1 is 0.192 bits per heavy atom. The molecule has 12 heteroatoms. The third kappa shape index (κ3) is 11.6. The van der Waals surface area contributed by atoms with E-state index in [2.05, 4.69) is 218 Å². The predicted molar refractivity (Wildman–Crippen MR) is 435 cm³/mol. The number of hydrogen-bond acceptors (Lipinski definition) is 12. The van der Waals surface area contributed by atoms with E-state index in [1.807, 2.05) is 142 Å².